The highest BCUT2D eigenvalue weighted by molar-refractivity contribution is 7.20. The Balaban J connectivity index is 1.75. The summed E-state index contributed by atoms with van der Waals surface area (Å²) in [5.41, 5.74) is 1.91. The molecule has 2 aromatic heterocycles. The third-order valence-corrected chi connectivity index (χ3v) is 5.88. The predicted octanol–water partition coefficient (Wildman–Crippen LogP) is 4.13. The molecule has 0 radical (unpaired) electrons. The Labute approximate surface area is 172 Å². The predicted molar refractivity (Wildman–Crippen MR) is 111 cm³/mol. The summed E-state index contributed by atoms with van der Waals surface area (Å²) in [6, 6.07) is 9.37. The van der Waals surface area contributed by atoms with Gasteiger partial charge in [0.15, 0.2) is 6.61 Å². The molecule has 3 rings (SSSR count). The number of aromatic nitrogens is 2. The fourth-order valence-electron chi connectivity index (χ4n) is 2.95. The molecule has 0 aliphatic rings. The molecule has 0 bridgehead atoms. The second-order valence-electron chi connectivity index (χ2n) is 6.34. The number of benzene rings is 1. The molecule has 0 aliphatic carbocycles. The third kappa shape index (κ3) is 4.36. The van der Waals surface area contributed by atoms with Crippen LogP contribution in [0.3, 0.4) is 0 Å². The quantitative estimate of drug-likeness (QED) is 0.540. The van der Waals surface area contributed by atoms with Crippen molar-refractivity contribution in [2.45, 2.75) is 27.3 Å². The number of likely N-dealkylation sites (N-methyl/N-ethyl adjacent to an activating group) is 1. The van der Waals surface area contributed by atoms with Gasteiger partial charge in [-0.2, -0.15) is 5.10 Å². The smallest absolute Gasteiger partial charge is 0.348 e. The van der Waals surface area contributed by atoms with E-state index in [9.17, 15) is 9.59 Å². The number of carbonyl (C=O) groups excluding carboxylic acids is 2. The molecule has 1 amide bonds. The standard InChI is InChI=1S/C20H22ClN3O3S/c1-4-23(5-2)18(25)12-27-20(26)17-10-16-13(3)22-24(19(16)28-17)11-14-6-8-15(21)9-7-14/h6-10H,4-5,11-12H2,1-3H3. The Hall–Kier alpha value is -2.38. The van der Waals surface area contributed by atoms with Gasteiger partial charge in [0.1, 0.15) is 9.71 Å². The molecule has 0 N–H and O–H groups in total. The minimum absolute atomic E-state index is 0.190. The van der Waals surface area contributed by atoms with E-state index in [0.29, 0.717) is 29.5 Å². The van der Waals surface area contributed by atoms with Crippen molar-refractivity contribution in [1.82, 2.24) is 14.7 Å². The molecule has 0 saturated carbocycles. The summed E-state index contributed by atoms with van der Waals surface area (Å²) in [5, 5.41) is 6.17. The Morgan fingerprint density at radius 3 is 2.54 bits per heavy atom. The van der Waals surface area contributed by atoms with Crippen LogP contribution in [0.2, 0.25) is 5.02 Å². The van der Waals surface area contributed by atoms with Gasteiger partial charge in [0, 0.05) is 23.5 Å². The largest absolute Gasteiger partial charge is 0.451 e. The number of carbonyl (C=O) groups is 2. The Kier molecular flexibility index (Phi) is 6.36. The summed E-state index contributed by atoms with van der Waals surface area (Å²) in [6.07, 6.45) is 0. The molecule has 1 aromatic carbocycles. The second kappa shape index (κ2) is 8.75. The van der Waals surface area contributed by atoms with Gasteiger partial charge in [-0.3, -0.25) is 9.48 Å². The fourth-order valence-corrected chi connectivity index (χ4v) is 4.13. The molecule has 2 heterocycles. The van der Waals surface area contributed by atoms with Crippen molar-refractivity contribution in [1.29, 1.82) is 0 Å². The highest BCUT2D eigenvalue weighted by Crippen LogP contribution is 2.29. The molecule has 148 valence electrons. The highest BCUT2D eigenvalue weighted by Gasteiger charge is 2.19. The molecular weight excluding hydrogens is 398 g/mol. The normalized spacial score (nSPS) is 11.0. The van der Waals surface area contributed by atoms with Crippen LogP contribution in [0.15, 0.2) is 30.3 Å². The van der Waals surface area contributed by atoms with E-state index in [1.165, 1.54) is 11.3 Å². The number of rotatable bonds is 7. The zero-order chi connectivity index (χ0) is 20.3. The molecule has 3 aromatic rings. The van der Waals surface area contributed by atoms with Gasteiger partial charge in [-0.1, -0.05) is 23.7 Å². The Morgan fingerprint density at radius 2 is 1.89 bits per heavy atom. The van der Waals surface area contributed by atoms with Crippen LogP contribution in [0, 0.1) is 6.92 Å². The first-order valence-electron chi connectivity index (χ1n) is 9.09. The maximum absolute atomic E-state index is 12.4. The summed E-state index contributed by atoms with van der Waals surface area (Å²) < 4.78 is 7.09. The Morgan fingerprint density at radius 1 is 1.21 bits per heavy atom. The van der Waals surface area contributed by atoms with E-state index in [1.807, 2.05) is 49.7 Å². The topological polar surface area (TPSA) is 64.4 Å². The van der Waals surface area contributed by atoms with Crippen LogP contribution in [0.1, 0.15) is 34.8 Å². The zero-order valence-electron chi connectivity index (χ0n) is 16.1. The molecule has 8 heteroatoms. The first-order chi connectivity index (χ1) is 13.4. The lowest BCUT2D eigenvalue weighted by Crippen LogP contribution is -2.34. The monoisotopic (exact) mass is 419 g/mol. The summed E-state index contributed by atoms with van der Waals surface area (Å²) in [4.78, 5) is 27.4. The van der Waals surface area contributed by atoms with Crippen LogP contribution in [0.4, 0.5) is 0 Å². The van der Waals surface area contributed by atoms with E-state index in [4.69, 9.17) is 16.3 Å². The van der Waals surface area contributed by atoms with Crippen molar-refractivity contribution >= 4 is 45.0 Å². The van der Waals surface area contributed by atoms with Crippen LogP contribution >= 0.6 is 22.9 Å². The van der Waals surface area contributed by atoms with Crippen molar-refractivity contribution in [3.63, 3.8) is 0 Å². The van der Waals surface area contributed by atoms with Gasteiger partial charge in [0.2, 0.25) is 0 Å². The molecule has 0 fully saturated rings. The van der Waals surface area contributed by atoms with Gasteiger partial charge < -0.3 is 9.64 Å². The van der Waals surface area contributed by atoms with Gasteiger partial charge >= 0.3 is 5.97 Å². The van der Waals surface area contributed by atoms with Gasteiger partial charge in [0.25, 0.3) is 5.91 Å². The number of ether oxygens (including phenoxy) is 1. The number of aryl methyl sites for hydroxylation is 1. The molecule has 28 heavy (non-hydrogen) atoms. The van der Waals surface area contributed by atoms with Crippen molar-refractivity contribution in [3.05, 3.63) is 51.5 Å². The third-order valence-electron chi connectivity index (χ3n) is 4.50. The van der Waals surface area contributed by atoms with Gasteiger partial charge in [-0.05, 0) is 44.5 Å². The minimum atomic E-state index is -0.487. The maximum Gasteiger partial charge on any atom is 0.348 e. The fraction of sp³-hybridized carbons (Fsp3) is 0.350. The van der Waals surface area contributed by atoms with Crippen molar-refractivity contribution in [2.24, 2.45) is 0 Å². The lowest BCUT2D eigenvalue weighted by molar-refractivity contribution is -0.134. The van der Waals surface area contributed by atoms with Gasteiger partial charge in [-0.25, -0.2) is 4.79 Å². The average Bonchev–Trinajstić information content (AvgIpc) is 3.24. The molecular formula is C20H22ClN3O3S. The number of hydrogen-bond acceptors (Lipinski definition) is 5. The van der Waals surface area contributed by atoms with Crippen molar-refractivity contribution in [3.8, 4) is 0 Å². The number of nitrogens with zero attached hydrogens (tertiary/aromatic N) is 3. The lowest BCUT2D eigenvalue weighted by Gasteiger charge is -2.17. The molecule has 6 nitrogen and oxygen atoms in total. The first-order valence-corrected chi connectivity index (χ1v) is 10.3. The van der Waals surface area contributed by atoms with Crippen LogP contribution in [0.25, 0.3) is 10.2 Å². The zero-order valence-corrected chi connectivity index (χ0v) is 17.6. The number of amides is 1. The summed E-state index contributed by atoms with van der Waals surface area (Å²) >= 11 is 7.26. The molecule has 0 spiro atoms. The number of fused-ring (bicyclic) bond motifs is 1. The van der Waals surface area contributed by atoms with Gasteiger partial charge in [-0.15, -0.1) is 11.3 Å². The van der Waals surface area contributed by atoms with Crippen LogP contribution in [-0.4, -0.2) is 46.3 Å². The van der Waals surface area contributed by atoms with Gasteiger partial charge in [0.05, 0.1) is 12.2 Å². The number of halogens is 1. The number of esters is 1. The summed E-state index contributed by atoms with van der Waals surface area (Å²) in [7, 11) is 0. The number of thiophene rings is 1. The maximum atomic E-state index is 12.4. The Bertz CT molecular complexity index is 990. The minimum Gasteiger partial charge on any atom is -0.451 e. The SMILES string of the molecule is CCN(CC)C(=O)COC(=O)c1cc2c(C)nn(Cc3ccc(Cl)cc3)c2s1. The second-order valence-corrected chi connectivity index (χ2v) is 7.81. The van der Waals surface area contributed by atoms with E-state index >= 15 is 0 Å². The highest BCUT2D eigenvalue weighted by atomic mass is 35.5. The molecule has 0 saturated heterocycles. The summed E-state index contributed by atoms with van der Waals surface area (Å²) in [6.45, 7) is 7.22. The van der Waals surface area contributed by atoms with Crippen molar-refractivity contribution in [2.75, 3.05) is 19.7 Å². The van der Waals surface area contributed by atoms with E-state index in [1.54, 1.807) is 11.0 Å². The molecule has 0 unspecified atom stereocenters. The summed E-state index contributed by atoms with van der Waals surface area (Å²) in [5.74, 6) is -0.677. The number of hydrogen-bond donors (Lipinski definition) is 0. The van der Waals surface area contributed by atoms with Crippen LogP contribution < -0.4 is 0 Å². The van der Waals surface area contributed by atoms with E-state index < -0.39 is 5.97 Å². The molecule has 0 atom stereocenters. The lowest BCUT2D eigenvalue weighted by atomic mass is 10.2. The average molecular weight is 420 g/mol. The van der Waals surface area contributed by atoms with Crippen LogP contribution in [-0.2, 0) is 16.1 Å². The van der Waals surface area contributed by atoms with E-state index in [0.717, 1.165) is 21.5 Å². The van der Waals surface area contributed by atoms with E-state index in [-0.39, 0.29) is 12.5 Å². The first kappa shape index (κ1) is 20.4. The van der Waals surface area contributed by atoms with Crippen LogP contribution in [0.5, 0.6) is 0 Å². The van der Waals surface area contributed by atoms with E-state index in [2.05, 4.69) is 5.10 Å². The molecule has 0 aliphatic heterocycles. The van der Waals surface area contributed by atoms with Crippen molar-refractivity contribution < 1.29 is 14.3 Å².